The fraction of sp³-hybridized carbons (Fsp3) is 0.533. The molecule has 0 radical (unpaired) electrons. The highest BCUT2D eigenvalue weighted by Gasteiger charge is 2.39. The van der Waals surface area contributed by atoms with Gasteiger partial charge in [0.2, 0.25) is 0 Å². The van der Waals surface area contributed by atoms with Gasteiger partial charge in [0, 0.05) is 11.7 Å². The van der Waals surface area contributed by atoms with E-state index in [4.69, 9.17) is 0 Å². The summed E-state index contributed by atoms with van der Waals surface area (Å²) >= 11 is 0. The number of hydrogen-bond donors (Lipinski definition) is 1. The molecule has 0 aliphatic heterocycles. The van der Waals surface area contributed by atoms with Gasteiger partial charge in [-0.2, -0.15) is 0 Å². The van der Waals surface area contributed by atoms with Crippen LogP contribution in [0.4, 0.5) is 8.78 Å². The van der Waals surface area contributed by atoms with Gasteiger partial charge in [0.05, 0.1) is 11.9 Å². The summed E-state index contributed by atoms with van der Waals surface area (Å²) in [7, 11) is 0. The molecule has 3 rings (SSSR count). The lowest BCUT2D eigenvalue weighted by atomic mass is 9.98. The van der Waals surface area contributed by atoms with E-state index in [1.807, 2.05) is 13.8 Å². The fourth-order valence-electron chi connectivity index (χ4n) is 2.69. The van der Waals surface area contributed by atoms with Crippen LogP contribution < -0.4 is 5.32 Å². The molecule has 118 valence electrons. The Morgan fingerprint density at radius 2 is 2.14 bits per heavy atom. The standard InChI is InChI=1S/C15H18F2N4O/c1-8-7-21-10(12(16)17)6-18-11(13(21)19-8)14(22)20-15(2,3)9-4-5-9/h6-7,9,12H,4-5H2,1-3H3,(H,20,22). The minimum Gasteiger partial charge on any atom is -0.345 e. The van der Waals surface area contributed by atoms with E-state index in [-0.39, 0.29) is 28.5 Å². The molecule has 1 amide bonds. The van der Waals surface area contributed by atoms with Gasteiger partial charge in [-0.05, 0) is 39.5 Å². The Morgan fingerprint density at radius 3 is 2.73 bits per heavy atom. The molecule has 0 spiro atoms. The van der Waals surface area contributed by atoms with E-state index in [2.05, 4.69) is 15.3 Å². The molecule has 1 fully saturated rings. The Hall–Kier alpha value is -2.05. The lowest BCUT2D eigenvalue weighted by Gasteiger charge is -2.26. The number of rotatable bonds is 4. The van der Waals surface area contributed by atoms with Crippen LogP contribution in [0.5, 0.6) is 0 Å². The van der Waals surface area contributed by atoms with Crippen LogP contribution in [0.2, 0.25) is 0 Å². The van der Waals surface area contributed by atoms with E-state index in [9.17, 15) is 13.6 Å². The molecule has 0 atom stereocenters. The van der Waals surface area contributed by atoms with Crippen LogP contribution in [-0.2, 0) is 0 Å². The molecule has 2 heterocycles. The van der Waals surface area contributed by atoms with Crippen LogP contribution in [-0.4, -0.2) is 25.8 Å². The fourth-order valence-corrected chi connectivity index (χ4v) is 2.69. The molecule has 1 N–H and O–H groups in total. The zero-order valence-corrected chi connectivity index (χ0v) is 12.7. The maximum absolute atomic E-state index is 13.0. The summed E-state index contributed by atoms with van der Waals surface area (Å²) in [5.74, 6) is 0.0719. The van der Waals surface area contributed by atoms with Gasteiger partial charge in [-0.15, -0.1) is 0 Å². The highest BCUT2D eigenvalue weighted by molar-refractivity contribution is 5.98. The van der Waals surface area contributed by atoms with E-state index in [0.717, 1.165) is 19.0 Å². The van der Waals surface area contributed by atoms with Gasteiger partial charge < -0.3 is 5.32 Å². The molecule has 7 heteroatoms. The van der Waals surface area contributed by atoms with Crippen molar-refractivity contribution in [1.82, 2.24) is 19.7 Å². The number of carbonyl (C=O) groups excluding carboxylic acids is 1. The number of carbonyl (C=O) groups is 1. The molecule has 0 bridgehead atoms. The molecule has 1 saturated carbocycles. The predicted molar refractivity (Wildman–Crippen MR) is 77.0 cm³/mol. The zero-order chi connectivity index (χ0) is 16.1. The van der Waals surface area contributed by atoms with Gasteiger partial charge in [0.25, 0.3) is 12.3 Å². The summed E-state index contributed by atoms with van der Waals surface area (Å²) in [6.07, 6.45) is 2.02. The number of aromatic nitrogens is 3. The summed E-state index contributed by atoms with van der Waals surface area (Å²) in [4.78, 5) is 20.6. The molecular formula is C15H18F2N4O. The summed E-state index contributed by atoms with van der Waals surface area (Å²) < 4.78 is 27.3. The van der Waals surface area contributed by atoms with Gasteiger partial charge in [0.1, 0.15) is 5.69 Å². The van der Waals surface area contributed by atoms with Crippen molar-refractivity contribution in [1.29, 1.82) is 0 Å². The Morgan fingerprint density at radius 1 is 1.45 bits per heavy atom. The van der Waals surface area contributed by atoms with E-state index >= 15 is 0 Å². The number of nitrogens with zero attached hydrogens (tertiary/aromatic N) is 3. The molecular weight excluding hydrogens is 290 g/mol. The lowest BCUT2D eigenvalue weighted by molar-refractivity contribution is 0.0898. The second-order valence-electron chi connectivity index (χ2n) is 6.36. The van der Waals surface area contributed by atoms with Gasteiger partial charge in [-0.1, -0.05) is 0 Å². The third-order valence-electron chi connectivity index (χ3n) is 4.11. The van der Waals surface area contributed by atoms with Crippen molar-refractivity contribution in [3.8, 4) is 0 Å². The Labute approximate surface area is 126 Å². The first-order valence-electron chi connectivity index (χ1n) is 7.25. The molecule has 2 aromatic heterocycles. The molecule has 2 aromatic rings. The quantitative estimate of drug-likeness (QED) is 0.945. The Balaban J connectivity index is 2.00. The predicted octanol–water partition coefficient (Wildman–Crippen LogP) is 2.89. The second kappa shape index (κ2) is 5.00. The number of fused-ring (bicyclic) bond motifs is 1. The van der Waals surface area contributed by atoms with Crippen molar-refractivity contribution in [3.63, 3.8) is 0 Å². The van der Waals surface area contributed by atoms with E-state index < -0.39 is 6.43 Å². The Kier molecular flexibility index (Phi) is 3.38. The molecule has 0 aromatic carbocycles. The topological polar surface area (TPSA) is 59.3 Å². The number of hydrogen-bond acceptors (Lipinski definition) is 3. The van der Waals surface area contributed by atoms with Gasteiger partial charge in [-0.25, -0.2) is 18.7 Å². The average molecular weight is 308 g/mol. The first-order chi connectivity index (χ1) is 10.3. The number of aryl methyl sites for hydroxylation is 1. The summed E-state index contributed by atoms with van der Waals surface area (Å²) in [6, 6.07) is 0. The summed E-state index contributed by atoms with van der Waals surface area (Å²) in [6.45, 7) is 5.62. The SMILES string of the molecule is Cc1cn2c(C(F)F)cnc(C(=O)NC(C)(C)C3CC3)c2n1. The first kappa shape index (κ1) is 14.9. The Bertz CT molecular complexity index is 734. The molecule has 0 saturated heterocycles. The summed E-state index contributed by atoms with van der Waals surface area (Å²) in [5, 5.41) is 2.94. The minimum atomic E-state index is -2.68. The van der Waals surface area contributed by atoms with Crippen LogP contribution >= 0.6 is 0 Å². The van der Waals surface area contributed by atoms with Crippen LogP contribution in [0.15, 0.2) is 12.4 Å². The monoisotopic (exact) mass is 308 g/mol. The van der Waals surface area contributed by atoms with Crippen LogP contribution in [0, 0.1) is 12.8 Å². The van der Waals surface area contributed by atoms with Crippen molar-refractivity contribution >= 4 is 11.6 Å². The van der Waals surface area contributed by atoms with E-state index in [1.54, 1.807) is 6.92 Å². The normalized spacial score (nSPS) is 15.5. The van der Waals surface area contributed by atoms with Crippen LogP contribution in [0.1, 0.15) is 55.0 Å². The van der Waals surface area contributed by atoms with Gasteiger partial charge >= 0.3 is 0 Å². The van der Waals surface area contributed by atoms with Crippen molar-refractivity contribution in [2.45, 2.75) is 45.6 Å². The number of alkyl halides is 2. The maximum atomic E-state index is 13.0. The van der Waals surface area contributed by atoms with Gasteiger partial charge in [-0.3, -0.25) is 9.20 Å². The summed E-state index contributed by atoms with van der Waals surface area (Å²) in [5.41, 5.74) is 0.198. The van der Waals surface area contributed by atoms with Crippen molar-refractivity contribution < 1.29 is 13.6 Å². The highest BCUT2D eigenvalue weighted by atomic mass is 19.3. The van der Waals surface area contributed by atoms with Gasteiger partial charge in [0.15, 0.2) is 11.3 Å². The number of nitrogens with one attached hydrogen (secondary N) is 1. The molecule has 0 unspecified atom stereocenters. The van der Waals surface area contributed by atoms with Crippen LogP contribution in [0.3, 0.4) is 0 Å². The molecule has 22 heavy (non-hydrogen) atoms. The number of amides is 1. The third kappa shape index (κ3) is 2.55. The van der Waals surface area contributed by atoms with E-state index in [1.165, 1.54) is 10.6 Å². The number of imidazole rings is 1. The van der Waals surface area contributed by atoms with Crippen molar-refractivity contribution in [2.24, 2.45) is 5.92 Å². The van der Waals surface area contributed by atoms with Crippen LogP contribution in [0.25, 0.3) is 5.65 Å². The largest absolute Gasteiger partial charge is 0.345 e. The molecule has 5 nitrogen and oxygen atoms in total. The van der Waals surface area contributed by atoms with Crippen molar-refractivity contribution in [3.05, 3.63) is 29.5 Å². The smallest absolute Gasteiger partial charge is 0.280 e. The zero-order valence-electron chi connectivity index (χ0n) is 12.7. The average Bonchev–Trinajstić information content (AvgIpc) is 3.19. The number of halogens is 2. The highest BCUT2D eigenvalue weighted by Crippen LogP contribution is 2.39. The molecule has 1 aliphatic rings. The molecule has 1 aliphatic carbocycles. The first-order valence-corrected chi connectivity index (χ1v) is 7.25. The third-order valence-corrected chi connectivity index (χ3v) is 4.11. The lowest BCUT2D eigenvalue weighted by Crippen LogP contribution is -2.45. The second-order valence-corrected chi connectivity index (χ2v) is 6.36. The maximum Gasteiger partial charge on any atom is 0.280 e. The minimum absolute atomic E-state index is 0.0752. The van der Waals surface area contributed by atoms with E-state index in [0.29, 0.717) is 11.6 Å². The van der Waals surface area contributed by atoms with Crippen molar-refractivity contribution in [2.75, 3.05) is 0 Å².